The Morgan fingerprint density at radius 1 is 1.32 bits per heavy atom. The number of aryl methyl sites for hydroxylation is 1. The van der Waals surface area contributed by atoms with E-state index in [4.69, 9.17) is 19.0 Å². The van der Waals surface area contributed by atoms with Crippen molar-refractivity contribution in [3.63, 3.8) is 0 Å². The smallest absolute Gasteiger partial charge is 0.320 e. The van der Waals surface area contributed by atoms with Crippen LogP contribution in [0.3, 0.4) is 0 Å². The van der Waals surface area contributed by atoms with Crippen LogP contribution in [0, 0.1) is 13.8 Å². The van der Waals surface area contributed by atoms with Crippen molar-refractivity contribution in [2.75, 3.05) is 33.0 Å². The molecule has 0 amide bonds. The van der Waals surface area contributed by atoms with E-state index in [0.29, 0.717) is 46.8 Å². The average molecular weight is 389 g/mol. The molecule has 0 saturated carbocycles. The van der Waals surface area contributed by atoms with Gasteiger partial charge in [-0.2, -0.15) is 0 Å². The van der Waals surface area contributed by atoms with Gasteiger partial charge in [-0.1, -0.05) is 0 Å². The highest BCUT2D eigenvalue weighted by Gasteiger charge is 2.28. The summed E-state index contributed by atoms with van der Waals surface area (Å²) >= 11 is 0. The van der Waals surface area contributed by atoms with Gasteiger partial charge in [0.2, 0.25) is 0 Å². The van der Waals surface area contributed by atoms with Crippen LogP contribution in [0.4, 0.5) is 0 Å². The second-order valence-electron chi connectivity index (χ2n) is 7.14. The highest BCUT2D eigenvalue weighted by molar-refractivity contribution is 5.82. The van der Waals surface area contributed by atoms with Crippen LogP contribution in [0.15, 0.2) is 21.3 Å². The Labute approximate surface area is 163 Å². The average Bonchev–Trinajstić information content (AvgIpc) is 2.67. The van der Waals surface area contributed by atoms with E-state index in [-0.39, 0.29) is 23.9 Å². The summed E-state index contributed by atoms with van der Waals surface area (Å²) in [6.45, 7) is 7.02. The summed E-state index contributed by atoms with van der Waals surface area (Å²) in [5.41, 5.74) is 1.71. The normalized spacial score (nSPS) is 17.6. The number of benzene rings is 1. The van der Waals surface area contributed by atoms with Gasteiger partial charge in [-0.15, -0.1) is 0 Å². The topological polar surface area (TPSA) is 89.2 Å². The van der Waals surface area contributed by atoms with Gasteiger partial charge in [-0.25, -0.2) is 0 Å². The zero-order valence-electron chi connectivity index (χ0n) is 16.6. The van der Waals surface area contributed by atoms with Crippen LogP contribution in [0.5, 0.6) is 5.75 Å². The maximum absolute atomic E-state index is 12.9. The van der Waals surface area contributed by atoms with Crippen LogP contribution in [0.2, 0.25) is 0 Å². The number of rotatable bonds is 6. The molecule has 152 valence electrons. The summed E-state index contributed by atoms with van der Waals surface area (Å²) in [5.74, 6) is 0.944. The Morgan fingerprint density at radius 3 is 2.82 bits per heavy atom. The first kappa shape index (κ1) is 20.4. The molecule has 0 spiro atoms. The number of likely N-dealkylation sites (tertiary alicyclic amines) is 1. The minimum Gasteiger partial charge on any atom is -0.467 e. The van der Waals surface area contributed by atoms with Gasteiger partial charge in [0.15, 0.2) is 12.2 Å². The van der Waals surface area contributed by atoms with Crippen molar-refractivity contribution in [2.45, 2.75) is 39.5 Å². The van der Waals surface area contributed by atoms with Gasteiger partial charge in [-0.05, 0) is 52.3 Å². The molecule has 0 bridgehead atoms. The van der Waals surface area contributed by atoms with E-state index in [1.54, 1.807) is 26.0 Å². The summed E-state index contributed by atoms with van der Waals surface area (Å²) < 4.78 is 16.5. The molecule has 0 aliphatic carbocycles. The summed E-state index contributed by atoms with van der Waals surface area (Å²) in [6, 6.07) is 3.34. The van der Waals surface area contributed by atoms with E-state index in [1.165, 1.54) is 0 Å². The highest BCUT2D eigenvalue weighted by atomic mass is 16.6. The predicted octanol–water partition coefficient (Wildman–Crippen LogP) is 2.48. The molecule has 1 fully saturated rings. The number of carbonyl (C=O) groups is 1. The van der Waals surface area contributed by atoms with Crippen molar-refractivity contribution in [3.05, 3.63) is 39.2 Å². The summed E-state index contributed by atoms with van der Waals surface area (Å²) in [7, 11) is 0. The fraction of sp³-hybridized carbons (Fsp3) is 0.524. The molecular formula is C21H27NO6. The van der Waals surface area contributed by atoms with E-state index in [1.807, 2.05) is 11.8 Å². The lowest BCUT2D eigenvalue weighted by atomic mass is 9.92. The molecule has 0 radical (unpaired) electrons. The minimum absolute atomic E-state index is 0.0297. The minimum atomic E-state index is -0.444. The van der Waals surface area contributed by atoms with Crippen molar-refractivity contribution in [1.82, 2.24) is 4.90 Å². The molecule has 1 atom stereocenters. The van der Waals surface area contributed by atoms with Crippen LogP contribution in [0.25, 0.3) is 11.0 Å². The number of carbonyl (C=O) groups excluding carboxylic acids is 1. The monoisotopic (exact) mass is 389 g/mol. The van der Waals surface area contributed by atoms with E-state index < -0.39 is 6.79 Å². The Kier molecular flexibility index (Phi) is 6.36. The third-order valence-corrected chi connectivity index (χ3v) is 5.28. The number of aliphatic hydroxyl groups is 1. The van der Waals surface area contributed by atoms with Crippen LogP contribution in [-0.2, 0) is 9.53 Å². The first-order chi connectivity index (χ1) is 13.5. The predicted molar refractivity (Wildman–Crippen MR) is 105 cm³/mol. The molecule has 3 rings (SSSR count). The first-order valence-corrected chi connectivity index (χ1v) is 9.64. The van der Waals surface area contributed by atoms with E-state index in [9.17, 15) is 9.59 Å². The quantitative estimate of drug-likeness (QED) is 0.600. The van der Waals surface area contributed by atoms with Crippen molar-refractivity contribution >= 4 is 16.9 Å². The number of piperidine rings is 1. The summed E-state index contributed by atoms with van der Waals surface area (Å²) in [6.07, 6.45) is 1.80. The zero-order valence-corrected chi connectivity index (χ0v) is 16.6. The maximum Gasteiger partial charge on any atom is 0.320 e. The molecule has 7 nitrogen and oxygen atoms in total. The van der Waals surface area contributed by atoms with E-state index in [0.717, 1.165) is 19.4 Å². The van der Waals surface area contributed by atoms with Crippen LogP contribution in [-0.4, -0.2) is 49.0 Å². The number of nitrogens with zero attached hydrogens (tertiary/aromatic N) is 1. The summed E-state index contributed by atoms with van der Waals surface area (Å²) in [4.78, 5) is 26.8. The number of aliphatic hydroxyl groups excluding tert-OH is 1. The van der Waals surface area contributed by atoms with Gasteiger partial charge in [0.05, 0.1) is 18.5 Å². The fourth-order valence-corrected chi connectivity index (χ4v) is 3.90. The van der Waals surface area contributed by atoms with Gasteiger partial charge in [0.1, 0.15) is 17.1 Å². The van der Waals surface area contributed by atoms with E-state index >= 15 is 0 Å². The molecule has 1 N–H and O–H groups in total. The van der Waals surface area contributed by atoms with Crippen molar-refractivity contribution < 1.29 is 23.8 Å². The Balaban J connectivity index is 1.95. The summed E-state index contributed by atoms with van der Waals surface area (Å²) in [5, 5.41) is 9.56. The standard InChI is InChI=1S/C21H27NO6/c1-4-26-18(24)11-22-9-5-6-15(10-22)20-14(3)19(25)16-7-8-17(27-12-23)13(2)21(16)28-20/h7-8,15,23H,4-6,9-12H2,1-3H3. The van der Waals surface area contributed by atoms with Crippen molar-refractivity contribution in [3.8, 4) is 5.75 Å². The molecule has 1 aliphatic heterocycles. The molecule has 1 saturated heterocycles. The zero-order chi connectivity index (χ0) is 20.3. The van der Waals surface area contributed by atoms with Gasteiger partial charge < -0.3 is 19.0 Å². The third-order valence-electron chi connectivity index (χ3n) is 5.28. The lowest BCUT2D eigenvalue weighted by Crippen LogP contribution is -2.39. The number of esters is 1. The van der Waals surface area contributed by atoms with Crippen molar-refractivity contribution in [1.29, 1.82) is 0 Å². The molecule has 1 aromatic heterocycles. The van der Waals surface area contributed by atoms with Gasteiger partial charge in [-0.3, -0.25) is 14.5 Å². The fourth-order valence-electron chi connectivity index (χ4n) is 3.90. The number of hydrogen-bond donors (Lipinski definition) is 1. The van der Waals surface area contributed by atoms with Crippen LogP contribution in [0.1, 0.15) is 42.6 Å². The van der Waals surface area contributed by atoms with E-state index in [2.05, 4.69) is 0 Å². The molecule has 28 heavy (non-hydrogen) atoms. The Morgan fingerprint density at radius 2 is 2.11 bits per heavy atom. The second kappa shape index (κ2) is 8.75. The van der Waals surface area contributed by atoms with Gasteiger partial charge in [0, 0.05) is 23.6 Å². The largest absolute Gasteiger partial charge is 0.467 e. The first-order valence-electron chi connectivity index (χ1n) is 9.64. The van der Waals surface area contributed by atoms with Crippen LogP contribution < -0.4 is 10.2 Å². The number of fused-ring (bicyclic) bond motifs is 1. The lowest BCUT2D eigenvalue weighted by molar-refractivity contribution is -0.144. The van der Waals surface area contributed by atoms with Gasteiger partial charge in [0.25, 0.3) is 0 Å². The third kappa shape index (κ3) is 4.05. The molecular weight excluding hydrogens is 362 g/mol. The molecule has 7 heteroatoms. The van der Waals surface area contributed by atoms with Gasteiger partial charge >= 0.3 is 5.97 Å². The molecule has 1 aromatic carbocycles. The molecule has 1 unspecified atom stereocenters. The van der Waals surface area contributed by atoms with Crippen molar-refractivity contribution in [2.24, 2.45) is 0 Å². The lowest BCUT2D eigenvalue weighted by Gasteiger charge is -2.32. The van der Waals surface area contributed by atoms with Crippen LogP contribution >= 0.6 is 0 Å². The number of hydrogen-bond acceptors (Lipinski definition) is 7. The molecule has 2 heterocycles. The molecule has 2 aromatic rings. The second-order valence-corrected chi connectivity index (χ2v) is 7.14. The number of ether oxygens (including phenoxy) is 2. The molecule has 1 aliphatic rings. The Hall–Kier alpha value is -2.38. The highest BCUT2D eigenvalue weighted by Crippen LogP contribution is 2.33. The SMILES string of the molecule is CCOC(=O)CN1CCCC(c2oc3c(C)c(OCO)ccc3c(=O)c2C)C1. The Bertz CT molecular complexity index is 919. The maximum atomic E-state index is 12.9.